The normalized spacial score (nSPS) is 15.0. The van der Waals surface area contributed by atoms with Gasteiger partial charge in [-0.3, -0.25) is 13.8 Å². The van der Waals surface area contributed by atoms with E-state index in [1.54, 1.807) is 6.08 Å². The van der Waals surface area contributed by atoms with Gasteiger partial charge >= 0.3 is 7.82 Å². The Morgan fingerprint density at radius 2 is 1.11 bits per heavy atom. The molecule has 320 valence electrons. The van der Waals surface area contributed by atoms with Crippen LogP contribution in [0.5, 0.6) is 0 Å². The van der Waals surface area contributed by atoms with E-state index in [9.17, 15) is 19.4 Å². The highest BCUT2D eigenvalue weighted by atomic mass is 31.2. The standard InChI is InChI=1S/C46H85N2O6P/c1-6-8-10-12-14-16-18-20-21-22-23-24-25-26-27-28-30-32-34-36-38-40-46(50)47-44(43-54-55(51,52)53-42-41-48(3,4)5)45(49)39-37-35-33-31-29-19-17-15-13-11-9-7-2/h8,10,13-16,29,31,37,39,44-45,49H,6-7,9,11-12,17-28,30,32-36,38,40-43H2,1-5H3,(H-,47,50,51,52)/p+1/b10-8-,15-13+,16-14-,31-29+,39-37+. The highest BCUT2D eigenvalue weighted by molar-refractivity contribution is 7.47. The zero-order valence-electron chi connectivity index (χ0n) is 36.1. The summed E-state index contributed by atoms with van der Waals surface area (Å²) in [4.78, 5) is 23.1. The van der Waals surface area contributed by atoms with Crippen molar-refractivity contribution in [3.8, 4) is 0 Å². The molecule has 0 radical (unpaired) electrons. The van der Waals surface area contributed by atoms with Crippen molar-refractivity contribution < 1.29 is 32.9 Å². The summed E-state index contributed by atoms with van der Waals surface area (Å²) in [5.74, 6) is -0.196. The van der Waals surface area contributed by atoms with Gasteiger partial charge in [0.25, 0.3) is 0 Å². The second-order valence-corrected chi connectivity index (χ2v) is 17.5. The predicted molar refractivity (Wildman–Crippen MR) is 235 cm³/mol. The Bertz CT molecular complexity index is 1080. The number of allylic oxidation sites excluding steroid dienone is 9. The van der Waals surface area contributed by atoms with E-state index < -0.39 is 20.0 Å². The van der Waals surface area contributed by atoms with Gasteiger partial charge in [-0.05, 0) is 64.2 Å². The summed E-state index contributed by atoms with van der Waals surface area (Å²) >= 11 is 0. The van der Waals surface area contributed by atoms with Crippen molar-refractivity contribution in [3.05, 3.63) is 60.8 Å². The fraction of sp³-hybridized carbons (Fsp3) is 0.761. The minimum absolute atomic E-state index is 0.0517. The lowest BCUT2D eigenvalue weighted by Gasteiger charge is -2.25. The van der Waals surface area contributed by atoms with Gasteiger partial charge in [-0.1, -0.05) is 164 Å². The van der Waals surface area contributed by atoms with E-state index in [4.69, 9.17) is 9.05 Å². The Balaban J connectivity index is 4.36. The van der Waals surface area contributed by atoms with Crippen molar-refractivity contribution in [3.63, 3.8) is 0 Å². The van der Waals surface area contributed by atoms with Gasteiger partial charge in [0.05, 0.1) is 39.9 Å². The van der Waals surface area contributed by atoms with Crippen LogP contribution in [-0.2, 0) is 18.4 Å². The number of phosphoric acid groups is 1. The van der Waals surface area contributed by atoms with E-state index in [1.165, 1.54) is 89.9 Å². The molecule has 0 aromatic carbocycles. The van der Waals surface area contributed by atoms with Crippen LogP contribution in [0.15, 0.2) is 60.8 Å². The summed E-state index contributed by atoms with van der Waals surface area (Å²) in [5, 5.41) is 13.8. The van der Waals surface area contributed by atoms with E-state index in [2.05, 4.69) is 67.8 Å². The molecule has 0 bridgehead atoms. The third-order valence-electron chi connectivity index (χ3n) is 9.45. The van der Waals surface area contributed by atoms with Gasteiger partial charge in [0.15, 0.2) is 0 Å². The van der Waals surface area contributed by atoms with Gasteiger partial charge in [-0.15, -0.1) is 0 Å². The number of likely N-dealkylation sites (N-methyl/N-ethyl adjacent to an activating group) is 1. The second kappa shape index (κ2) is 37.8. The van der Waals surface area contributed by atoms with Crippen molar-refractivity contribution in [2.45, 2.75) is 187 Å². The van der Waals surface area contributed by atoms with Crippen LogP contribution in [0.4, 0.5) is 0 Å². The van der Waals surface area contributed by atoms with E-state index in [0.29, 0.717) is 17.4 Å². The molecule has 0 saturated carbocycles. The first-order valence-corrected chi connectivity index (χ1v) is 23.7. The number of amides is 1. The number of hydrogen-bond acceptors (Lipinski definition) is 5. The van der Waals surface area contributed by atoms with Gasteiger partial charge in [0.2, 0.25) is 5.91 Å². The molecule has 0 rings (SSSR count). The Labute approximate surface area is 339 Å². The van der Waals surface area contributed by atoms with Crippen molar-refractivity contribution in [2.75, 3.05) is 40.9 Å². The first-order chi connectivity index (χ1) is 26.5. The molecule has 0 heterocycles. The van der Waals surface area contributed by atoms with Crippen molar-refractivity contribution >= 4 is 13.7 Å². The molecule has 0 saturated heterocycles. The SMILES string of the molecule is CC/C=C\C/C=C\CCCCCCCCCCCCCCCCC(=O)NC(COP(=O)(O)OCC[N+](C)(C)C)C(O)/C=C/CC/C=C/CC/C=C/CCCC. The van der Waals surface area contributed by atoms with Crippen LogP contribution in [-0.4, -0.2) is 73.4 Å². The highest BCUT2D eigenvalue weighted by Gasteiger charge is 2.27. The lowest BCUT2D eigenvalue weighted by molar-refractivity contribution is -0.870. The maximum absolute atomic E-state index is 12.9. The molecule has 0 aromatic heterocycles. The van der Waals surface area contributed by atoms with Crippen molar-refractivity contribution in [1.82, 2.24) is 5.32 Å². The summed E-state index contributed by atoms with van der Waals surface area (Å²) in [6, 6.07) is -0.869. The van der Waals surface area contributed by atoms with E-state index in [1.807, 2.05) is 27.2 Å². The lowest BCUT2D eigenvalue weighted by Crippen LogP contribution is -2.45. The quantitative estimate of drug-likeness (QED) is 0.0248. The predicted octanol–water partition coefficient (Wildman–Crippen LogP) is 12.2. The fourth-order valence-electron chi connectivity index (χ4n) is 5.92. The number of carbonyl (C=O) groups is 1. The fourth-order valence-corrected chi connectivity index (χ4v) is 6.65. The number of aliphatic hydroxyl groups is 1. The van der Waals surface area contributed by atoms with E-state index in [0.717, 1.165) is 64.2 Å². The average Bonchev–Trinajstić information content (AvgIpc) is 3.13. The molecule has 0 spiro atoms. The molecule has 0 aliphatic rings. The number of carbonyl (C=O) groups excluding carboxylic acids is 1. The van der Waals surface area contributed by atoms with Crippen LogP contribution in [0, 0.1) is 0 Å². The van der Waals surface area contributed by atoms with Gasteiger partial charge in [0.1, 0.15) is 13.2 Å². The molecular weight excluding hydrogens is 707 g/mol. The third-order valence-corrected chi connectivity index (χ3v) is 10.4. The summed E-state index contributed by atoms with van der Waals surface area (Å²) < 4.78 is 23.5. The molecule has 55 heavy (non-hydrogen) atoms. The minimum Gasteiger partial charge on any atom is -0.387 e. The molecule has 0 aliphatic heterocycles. The smallest absolute Gasteiger partial charge is 0.387 e. The van der Waals surface area contributed by atoms with E-state index in [-0.39, 0.29) is 19.1 Å². The Hall–Kier alpha value is -1.80. The number of nitrogens with one attached hydrogen (secondary N) is 1. The number of phosphoric ester groups is 1. The first kappa shape index (κ1) is 53.2. The lowest BCUT2D eigenvalue weighted by atomic mass is 10.0. The average molecular weight is 794 g/mol. The maximum atomic E-state index is 12.9. The molecule has 0 aliphatic carbocycles. The van der Waals surface area contributed by atoms with Crippen LogP contribution < -0.4 is 5.32 Å². The van der Waals surface area contributed by atoms with E-state index >= 15 is 0 Å². The molecule has 3 atom stereocenters. The third kappa shape index (κ3) is 40.2. The van der Waals surface area contributed by atoms with Crippen LogP contribution in [0.2, 0.25) is 0 Å². The van der Waals surface area contributed by atoms with Crippen molar-refractivity contribution in [1.29, 1.82) is 0 Å². The van der Waals surface area contributed by atoms with Gasteiger partial charge in [-0.2, -0.15) is 0 Å². The summed E-state index contributed by atoms with van der Waals surface area (Å²) in [7, 11) is 1.54. The topological polar surface area (TPSA) is 105 Å². The van der Waals surface area contributed by atoms with Crippen LogP contribution in [0.25, 0.3) is 0 Å². The van der Waals surface area contributed by atoms with Crippen molar-refractivity contribution in [2.24, 2.45) is 0 Å². The summed E-state index contributed by atoms with van der Waals surface area (Å²) in [5.41, 5.74) is 0. The molecule has 8 nitrogen and oxygen atoms in total. The second-order valence-electron chi connectivity index (χ2n) is 16.0. The van der Waals surface area contributed by atoms with Crippen LogP contribution in [0.1, 0.15) is 174 Å². The molecular formula is C46H86N2O6P+. The summed E-state index contributed by atoms with van der Waals surface area (Å²) in [6.07, 6.45) is 48.7. The number of nitrogens with zero attached hydrogens (tertiary/aromatic N) is 1. The monoisotopic (exact) mass is 794 g/mol. The highest BCUT2D eigenvalue weighted by Crippen LogP contribution is 2.43. The number of rotatable bonds is 39. The zero-order chi connectivity index (χ0) is 40.7. The molecule has 0 aromatic rings. The Morgan fingerprint density at radius 1 is 0.636 bits per heavy atom. The summed E-state index contributed by atoms with van der Waals surface area (Å²) in [6.45, 7) is 4.62. The molecule has 3 N–H and O–H groups in total. The number of unbranched alkanes of at least 4 members (excludes halogenated alkanes) is 18. The van der Waals surface area contributed by atoms with Gasteiger partial charge < -0.3 is 19.8 Å². The largest absolute Gasteiger partial charge is 0.472 e. The number of aliphatic hydroxyl groups excluding tert-OH is 1. The minimum atomic E-state index is -4.35. The van der Waals surface area contributed by atoms with Gasteiger partial charge in [0, 0.05) is 6.42 Å². The van der Waals surface area contributed by atoms with Crippen LogP contribution >= 0.6 is 7.82 Å². The number of quaternary nitrogens is 1. The maximum Gasteiger partial charge on any atom is 0.472 e. The van der Waals surface area contributed by atoms with Crippen LogP contribution in [0.3, 0.4) is 0 Å². The molecule has 9 heteroatoms. The van der Waals surface area contributed by atoms with Gasteiger partial charge in [-0.25, -0.2) is 4.57 Å². The number of hydrogen-bond donors (Lipinski definition) is 3. The first-order valence-electron chi connectivity index (χ1n) is 22.2. The zero-order valence-corrected chi connectivity index (χ0v) is 37.0. The molecule has 3 unspecified atom stereocenters. The molecule has 0 fully saturated rings. The Morgan fingerprint density at radius 3 is 1.65 bits per heavy atom. The molecule has 1 amide bonds. The Kier molecular flexibility index (Phi) is 36.5.